The second kappa shape index (κ2) is 5.51. The summed E-state index contributed by atoms with van der Waals surface area (Å²) in [6, 6.07) is 2.94. The molecule has 114 valence electrons. The zero-order valence-corrected chi connectivity index (χ0v) is 12.0. The second-order valence-electron chi connectivity index (χ2n) is 4.08. The van der Waals surface area contributed by atoms with E-state index in [4.69, 9.17) is 34.2 Å². The maximum absolute atomic E-state index is 12.7. The maximum atomic E-state index is 12.7. The van der Waals surface area contributed by atoms with Crippen molar-refractivity contribution in [2.24, 2.45) is 0 Å². The van der Waals surface area contributed by atoms with Gasteiger partial charge in [0.25, 0.3) is 0 Å². The van der Waals surface area contributed by atoms with Crippen molar-refractivity contribution in [2.45, 2.75) is 6.18 Å². The molecule has 0 bridgehead atoms. The van der Waals surface area contributed by atoms with Crippen molar-refractivity contribution in [1.82, 2.24) is 9.78 Å². The molecule has 0 aliphatic rings. The summed E-state index contributed by atoms with van der Waals surface area (Å²) in [4.78, 5) is 10.9. The first kappa shape index (κ1) is 16.1. The van der Waals surface area contributed by atoms with Crippen molar-refractivity contribution < 1.29 is 18.0 Å². The van der Waals surface area contributed by atoms with Crippen LogP contribution in [0.4, 0.5) is 19.0 Å². The number of aldehydes is 1. The molecule has 0 fully saturated rings. The van der Waals surface area contributed by atoms with Gasteiger partial charge in [-0.3, -0.25) is 4.79 Å². The van der Waals surface area contributed by atoms with E-state index in [9.17, 15) is 18.0 Å². The highest BCUT2D eigenvalue weighted by molar-refractivity contribution is 6.38. The Kier molecular flexibility index (Phi) is 4.04. The molecule has 0 saturated carbocycles. The first-order valence-electron chi connectivity index (χ1n) is 5.51. The molecule has 5 nitrogen and oxygen atoms in total. The van der Waals surface area contributed by atoms with Gasteiger partial charge in [0.1, 0.15) is 17.6 Å². The van der Waals surface area contributed by atoms with Crippen LogP contribution < -0.4 is 5.73 Å². The van der Waals surface area contributed by atoms with E-state index in [0.717, 1.165) is 4.68 Å². The zero-order chi connectivity index (χ0) is 16.7. The van der Waals surface area contributed by atoms with Gasteiger partial charge >= 0.3 is 6.18 Å². The molecule has 1 aromatic carbocycles. The Bertz CT molecular complexity index is 785. The average molecular weight is 349 g/mol. The van der Waals surface area contributed by atoms with E-state index >= 15 is 0 Å². The van der Waals surface area contributed by atoms with E-state index in [0.29, 0.717) is 18.4 Å². The first-order valence-corrected chi connectivity index (χ1v) is 6.26. The standard InChI is InChI=1S/C12H5Cl2F3N4O/c13-7-1-5(12(15,16)17)2-8(14)10(7)21-11(19)6(4-22)9(3-18)20-21/h1-2,4H,19H2. The molecule has 0 amide bonds. The lowest BCUT2D eigenvalue weighted by atomic mass is 10.2. The molecule has 0 spiro atoms. The Morgan fingerprint density at radius 1 is 1.32 bits per heavy atom. The van der Waals surface area contributed by atoms with Gasteiger partial charge in [-0.1, -0.05) is 23.2 Å². The minimum atomic E-state index is -4.63. The molecule has 1 heterocycles. The van der Waals surface area contributed by atoms with E-state index in [1.54, 1.807) is 6.07 Å². The fourth-order valence-corrected chi connectivity index (χ4v) is 2.39. The molecule has 2 aromatic rings. The number of carbonyl (C=O) groups excluding carboxylic acids is 1. The summed E-state index contributed by atoms with van der Waals surface area (Å²) >= 11 is 11.6. The van der Waals surface area contributed by atoms with Gasteiger partial charge in [0, 0.05) is 0 Å². The lowest BCUT2D eigenvalue weighted by molar-refractivity contribution is -0.137. The monoisotopic (exact) mass is 348 g/mol. The van der Waals surface area contributed by atoms with E-state index in [1.165, 1.54) is 0 Å². The highest BCUT2D eigenvalue weighted by atomic mass is 35.5. The third-order valence-corrected chi connectivity index (χ3v) is 3.32. The molecule has 1 aromatic heterocycles. The smallest absolute Gasteiger partial charge is 0.383 e. The number of carbonyl (C=O) groups is 1. The van der Waals surface area contributed by atoms with Crippen LogP contribution in [0.25, 0.3) is 5.69 Å². The number of nitrogens with zero attached hydrogens (tertiary/aromatic N) is 3. The van der Waals surface area contributed by atoms with Crippen LogP contribution in [0, 0.1) is 11.3 Å². The summed E-state index contributed by atoms with van der Waals surface area (Å²) in [5.41, 5.74) is 3.97. The predicted octanol–water partition coefficient (Wildman–Crippen LogP) is 3.46. The van der Waals surface area contributed by atoms with Gasteiger partial charge in [0.2, 0.25) is 0 Å². The molecule has 0 aliphatic carbocycles. The van der Waals surface area contributed by atoms with Crippen molar-refractivity contribution in [3.63, 3.8) is 0 Å². The van der Waals surface area contributed by atoms with Crippen LogP contribution in [0.3, 0.4) is 0 Å². The zero-order valence-electron chi connectivity index (χ0n) is 10.4. The molecule has 10 heteroatoms. The van der Waals surface area contributed by atoms with Crippen LogP contribution in [0.15, 0.2) is 12.1 Å². The number of alkyl halides is 3. The Morgan fingerprint density at radius 3 is 2.23 bits per heavy atom. The summed E-state index contributed by atoms with van der Waals surface area (Å²) < 4.78 is 38.9. The molecule has 22 heavy (non-hydrogen) atoms. The quantitative estimate of drug-likeness (QED) is 0.842. The number of nitrogen functional groups attached to an aromatic ring is 1. The lowest BCUT2D eigenvalue weighted by Crippen LogP contribution is -2.08. The highest BCUT2D eigenvalue weighted by Crippen LogP contribution is 2.38. The Balaban J connectivity index is 2.72. The van der Waals surface area contributed by atoms with Gasteiger partial charge in [0.15, 0.2) is 12.0 Å². The molecule has 2 rings (SSSR count). The fraction of sp³-hybridized carbons (Fsp3) is 0.0833. The first-order chi connectivity index (χ1) is 10.2. The minimum absolute atomic E-state index is 0.154. The van der Waals surface area contributed by atoms with Crippen LogP contribution >= 0.6 is 23.2 Å². The fourth-order valence-electron chi connectivity index (χ4n) is 1.74. The average Bonchev–Trinajstić information content (AvgIpc) is 2.73. The normalized spacial score (nSPS) is 11.3. The van der Waals surface area contributed by atoms with Gasteiger partial charge < -0.3 is 5.73 Å². The number of anilines is 1. The summed E-state index contributed by atoms with van der Waals surface area (Å²) in [6.45, 7) is 0. The van der Waals surface area contributed by atoms with E-state index in [2.05, 4.69) is 5.10 Å². The van der Waals surface area contributed by atoms with Gasteiger partial charge in [0.05, 0.1) is 21.2 Å². The van der Waals surface area contributed by atoms with Crippen LogP contribution in [0.1, 0.15) is 21.6 Å². The number of rotatable bonds is 2. The summed E-state index contributed by atoms with van der Waals surface area (Å²) in [5, 5.41) is 11.8. The van der Waals surface area contributed by atoms with Crippen molar-refractivity contribution in [2.75, 3.05) is 5.73 Å². The third-order valence-electron chi connectivity index (χ3n) is 2.74. The Hall–Kier alpha value is -2.24. The number of benzene rings is 1. The molecule has 0 saturated heterocycles. The molecule has 0 aliphatic heterocycles. The number of hydrogen-bond donors (Lipinski definition) is 1. The van der Waals surface area contributed by atoms with Gasteiger partial charge in [-0.25, -0.2) is 4.68 Å². The van der Waals surface area contributed by atoms with Gasteiger partial charge in [-0.15, -0.1) is 0 Å². The lowest BCUT2D eigenvalue weighted by Gasteiger charge is -2.13. The van der Waals surface area contributed by atoms with Crippen LogP contribution in [-0.2, 0) is 6.18 Å². The van der Waals surface area contributed by atoms with E-state index in [1.807, 2.05) is 0 Å². The van der Waals surface area contributed by atoms with Crippen molar-refractivity contribution in [3.8, 4) is 11.8 Å². The number of aromatic nitrogens is 2. The van der Waals surface area contributed by atoms with Crippen LogP contribution in [0.5, 0.6) is 0 Å². The SMILES string of the molecule is N#Cc1nn(-c2c(Cl)cc(C(F)(F)F)cc2Cl)c(N)c1C=O. The van der Waals surface area contributed by atoms with Crippen molar-refractivity contribution in [1.29, 1.82) is 5.26 Å². The molecule has 2 N–H and O–H groups in total. The predicted molar refractivity (Wildman–Crippen MR) is 73.1 cm³/mol. The molecular weight excluding hydrogens is 344 g/mol. The largest absolute Gasteiger partial charge is 0.416 e. The Morgan fingerprint density at radius 2 is 1.86 bits per heavy atom. The second-order valence-corrected chi connectivity index (χ2v) is 4.89. The number of nitrogens with two attached hydrogens (primary N) is 1. The Labute approximate surface area is 131 Å². The minimum Gasteiger partial charge on any atom is -0.383 e. The van der Waals surface area contributed by atoms with Gasteiger partial charge in [-0.05, 0) is 12.1 Å². The topological polar surface area (TPSA) is 84.7 Å². The van der Waals surface area contributed by atoms with Gasteiger partial charge in [-0.2, -0.15) is 23.5 Å². The summed E-state index contributed by atoms with van der Waals surface area (Å²) in [5.74, 6) is -0.255. The molecule has 0 atom stereocenters. The highest BCUT2D eigenvalue weighted by Gasteiger charge is 2.32. The summed E-state index contributed by atoms with van der Waals surface area (Å²) in [7, 11) is 0. The van der Waals surface area contributed by atoms with Crippen LogP contribution in [-0.4, -0.2) is 16.1 Å². The summed E-state index contributed by atoms with van der Waals surface area (Å²) in [6.07, 6.45) is -4.32. The molecule has 0 unspecified atom stereocenters. The number of nitriles is 1. The van der Waals surface area contributed by atoms with E-state index in [-0.39, 0.29) is 32.8 Å². The molecular formula is C12H5Cl2F3N4O. The maximum Gasteiger partial charge on any atom is 0.416 e. The van der Waals surface area contributed by atoms with Crippen LogP contribution in [0.2, 0.25) is 10.0 Å². The third kappa shape index (κ3) is 2.61. The number of halogens is 5. The van der Waals surface area contributed by atoms with Crippen molar-refractivity contribution in [3.05, 3.63) is 39.0 Å². The molecule has 0 radical (unpaired) electrons. The van der Waals surface area contributed by atoms with Crippen molar-refractivity contribution >= 4 is 35.3 Å². The van der Waals surface area contributed by atoms with E-state index < -0.39 is 11.7 Å². The number of hydrogen-bond acceptors (Lipinski definition) is 4.